The molecule has 128 valence electrons. The molecule has 0 aliphatic heterocycles. The van der Waals surface area contributed by atoms with E-state index < -0.39 is 0 Å². The fourth-order valence-corrected chi connectivity index (χ4v) is 4.92. The number of aromatic nitrogens is 4. The van der Waals surface area contributed by atoms with Crippen molar-refractivity contribution in [1.82, 2.24) is 20.2 Å². The van der Waals surface area contributed by atoms with Crippen molar-refractivity contribution in [2.75, 3.05) is 0 Å². The molecule has 5 nitrogen and oxygen atoms in total. The predicted molar refractivity (Wildman–Crippen MR) is 95.5 cm³/mol. The van der Waals surface area contributed by atoms with Gasteiger partial charge < -0.3 is 0 Å². The summed E-state index contributed by atoms with van der Waals surface area (Å²) in [6.45, 7) is 7.81. The van der Waals surface area contributed by atoms with Crippen molar-refractivity contribution in [2.24, 2.45) is 0 Å². The number of thioether (sulfide) groups is 1. The van der Waals surface area contributed by atoms with E-state index in [-0.39, 0.29) is 5.78 Å². The van der Waals surface area contributed by atoms with Crippen molar-refractivity contribution in [3.63, 3.8) is 0 Å². The summed E-state index contributed by atoms with van der Waals surface area (Å²) < 4.78 is 1.99. The van der Waals surface area contributed by atoms with Crippen LogP contribution in [0.5, 0.6) is 0 Å². The Kier molecular flexibility index (Phi) is 5.04. The lowest BCUT2D eigenvalue weighted by atomic mass is 9.92. The molecule has 1 heterocycles. The molecule has 3 rings (SSSR count). The highest BCUT2D eigenvalue weighted by atomic mass is 32.2. The summed E-state index contributed by atoms with van der Waals surface area (Å²) in [6, 6.07) is 2.55. The zero-order valence-corrected chi connectivity index (χ0v) is 15.6. The molecule has 2 aromatic rings. The molecular formula is C18H24N4OS. The van der Waals surface area contributed by atoms with Gasteiger partial charge in [0.2, 0.25) is 5.16 Å². The molecule has 1 aliphatic rings. The van der Waals surface area contributed by atoms with Crippen molar-refractivity contribution >= 4 is 17.5 Å². The zero-order valence-electron chi connectivity index (χ0n) is 14.8. The number of ketones is 1. The van der Waals surface area contributed by atoms with Crippen LogP contribution in [0, 0.1) is 20.8 Å². The molecule has 1 aliphatic carbocycles. The third kappa shape index (κ3) is 3.24. The monoisotopic (exact) mass is 344 g/mol. The second kappa shape index (κ2) is 7.05. The summed E-state index contributed by atoms with van der Waals surface area (Å²) in [6.07, 6.45) is 4.84. The molecule has 0 saturated heterocycles. The molecular weight excluding hydrogens is 320 g/mol. The van der Waals surface area contributed by atoms with Gasteiger partial charge in [-0.3, -0.25) is 4.79 Å². The van der Waals surface area contributed by atoms with E-state index in [2.05, 4.69) is 28.5 Å². The Morgan fingerprint density at radius 3 is 2.62 bits per heavy atom. The Labute approximate surface area is 147 Å². The van der Waals surface area contributed by atoms with Crippen LogP contribution in [0.1, 0.15) is 71.3 Å². The maximum Gasteiger partial charge on any atom is 0.209 e. The van der Waals surface area contributed by atoms with E-state index >= 15 is 0 Å². The number of Topliss-reactive ketones (excluding diaryl/α,β-unsaturated/α-hetero) is 1. The smallest absolute Gasteiger partial charge is 0.209 e. The predicted octanol–water partition coefficient (Wildman–Crippen LogP) is 4.21. The largest absolute Gasteiger partial charge is 0.294 e. The molecule has 0 bridgehead atoms. The van der Waals surface area contributed by atoms with Gasteiger partial charge in [-0.2, -0.15) is 0 Å². The van der Waals surface area contributed by atoms with Gasteiger partial charge in [0, 0.05) is 11.3 Å². The molecule has 1 aromatic carbocycles. The molecule has 0 unspecified atom stereocenters. The molecule has 6 heteroatoms. The van der Waals surface area contributed by atoms with E-state index in [1.54, 1.807) is 18.7 Å². The van der Waals surface area contributed by atoms with Crippen molar-refractivity contribution in [3.8, 4) is 0 Å². The van der Waals surface area contributed by atoms with Gasteiger partial charge in [-0.1, -0.05) is 30.7 Å². The van der Waals surface area contributed by atoms with Crippen molar-refractivity contribution in [2.45, 2.75) is 70.3 Å². The first kappa shape index (κ1) is 17.1. The normalized spacial score (nSPS) is 15.2. The Morgan fingerprint density at radius 2 is 1.96 bits per heavy atom. The van der Waals surface area contributed by atoms with Gasteiger partial charge in [0.15, 0.2) is 5.78 Å². The second-order valence-corrected chi connectivity index (χ2v) is 7.62. The number of nitrogens with zero attached hydrogens (tertiary/aromatic N) is 4. The van der Waals surface area contributed by atoms with Crippen LogP contribution >= 0.6 is 11.8 Å². The van der Waals surface area contributed by atoms with Gasteiger partial charge in [-0.15, -0.1) is 5.10 Å². The fraction of sp³-hybridized carbons (Fsp3) is 0.556. The standard InChI is InChI=1S/C18H24N4OS/c1-11-9-12(2)17(14(4)23)13(3)16(11)10-24-18-19-20-21-22(18)15-7-5-6-8-15/h9,15H,5-8,10H2,1-4H3. The summed E-state index contributed by atoms with van der Waals surface area (Å²) in [5.74, 6) is 0.915. The van der Waals surface area contributed by atoms with E-state index in [1.165, 1.54) is 24.0 Å². The zero-order chi connectivity index (χ0) is 17.3. The van der Waals surface area contributed by atoms with Crippen LogP contribution in [-0.4, -0.2) is 26.0 Å². The Morgan fingerprint density at radius 1 is 1.25 bits per heavy atom. The van der Waals surface area contributed by atoms with Crippen LogP contribution in [-0.2, 0) is 5.75 Å². The summed E-state index contributed by atoms with van der Waals surface area (Å²) in [4.78, 5) is 12.0. The summed E-state index contributed by atoms with van der Waals surface area (Å²) >= 11 is 1.66. The molecule has 1 fully saturated rings. The van der Waals surface area contributed by atoms with E-state index in [0.717, 1.165) is 40.4 Å². The Hall–Kier alpha value is -1.69. The SMILES string of the molecule is CC(=O)c1c(C)cc(C)c(CSc2nnnn2C2CCCC2)c1C. The minimum absolute atomic E-state index is 0.132. The number of hydrogen-bond acceptors (Lipinski definition) is 5. The van der Waals surface area contributed by atoms with Gasteiger partial charge in [-0.25, -0.2) is 4.68 Å². The molecule has 24 heavy (non-hydrogen) atoms. The minimum atomic E-state index is 0.132. The summed E-state index contributed by atoms with van der Waals surface area (Å²) in [5.41, 5.74) is 5.44. The lowest BCUT2D eigenvalue weighted by Gasteiger charge is -2.16. The first-order valence-electron chi connectivity index (χ1n) is 8.50. The summed E-state index contributed by atoms with van der Waals surface area (Å²) in [7, 11) is 0. The number of tetrazole rings is 1. The van der Waals surface area contributed by atoms with Crippen LogP contribution in [0.2, 0.25) is 0 Å². The highest BCUT2D eigenvalue weighted by molar-refractivity contribution is 7.98. The van der Waals surface area contributed by atoms with Gasteiger partial charge in [0.05, 0.1) is 6.04 Å². The molecule has 0 atom stereocenters. The van der Waals surface area contributed by atoms with Gasteiger partial charge in [-0.05, 0) is 73.2 Å². The van der Waals surface area contributed by atoms with Crippen LogP contribution in [0.3, 0.4) is 0 Å². The maximum atomic E-state index is 12.0. The average Bonchev–Trinajstić information content (AvgIpc) is 3.16. The third-order valence-corrected chi connectivity index (χ3v) is 5.92. The average molecular weight is 344 g/mol. The summed E-state index contributed by atoms with van der Waals surface area (Å²) in [5, 5.41) is 13.2. The molecule has 0 N–H and O–H groups in total. The third-order valence-electron chi connectivity index (χ3n) is 4.96. The molecule has 0 amide bonds. The van der Waals surface area contributed by atoms with E-state index in [9.17, 15) is 4.79 Å². The minimum Gasteiger partial charge on any atom is -0.294 e. The van der Waals surface area contributed by atoms with Crippen molar-refractivity contribution in [1.29, 1.82) is 0 Å². The lowest BCUT2D eigenvalue weighted by molar-refractivity contribution is 0.101. The molecule has 1 saturated carbocycles. The maximum absolute atomic E-state index is 12.0. The highest BCUT2D eigenvalue weighted by Gasteiger charge is 2.22. The van der Waals surface area contributed by atoms with E-state index in [4.69, 9.17) is 0 Å². The second-order valence-electron chi connectivity index (χ2n) is 6.68. The fourth-order valence-electron chi connectivity index (χ4n) is 3.79. The number of rotatable bonds is 5. The van der Waals surface area contributed by atoms with Crippen LogP contribution in [0.4, 0.5) is 0 Å². The molecule has 0 radical (unpaired) electrons. The first-order chi connectivity index (χ1) is 11.5. The Balaban J connectivity index is 1.84. The number of hydrogen-bond donors (Lipinski definition) is 0. The van der Waals surface area contributed by atoms with Crippen LogP contribution in [0.15, 0.2) is 11.2 Å². The van der Waals surface area contributed by atoms with Gasteiger partial charge in [0.1, 0.15) is 0 Å². The number of aryl methyl sites for hydroxylation is 2. The topological polar surface area (TPSA) is 60.7 Å². The molecule has 1 aromatic heterocycles. The number of carbonyl (C=O) groups excluding carboxylic acids is 1. The van der Waals surface area contributed by atoms with Crippen molar-refractivity contribution in [3.05, 3.63) is 33.9 Å². The molecule has 0 spiro atoms. The van der Waals surface area contributed by atoms with Crippen LogP contribution < -0.4 is 0 Å². The van der Waals surface area contributed by atoms with E-state index in [0.29, 0.717) is 6.04 Å². The van der Waals surface area contributed by atoms with Crippen molar-refractivity contribution < 1.29 is 4.79 Å². The Bertz CT molecular complexity index is 763. The first-order valence-corrected chi connectivity index (χ1v) is 9.49. The quantitative estimate of drug-likeness (QED) is 0.601. The lowest BCUT2D eigenvalue weighted by Crippen LogP contribution is -2.09. The number of carbonyl (C=O) groups is 1. The van der Waals surface area contributed by atoms with Gasteiger partial charge in [0.25, 0.3) is 0 Å². The van der Waals surface area contributed by atoms with Crippen LogP contribution in [0.25, 0.3) is 0 Å². The number of benzene rings is 1. The highest BCUT2D eigenvalue weighted by Crippen LogP contribution is 2.33. The van der Waals surface area contributed by atoms with Gasteiger partial charge >= 0.3 is 0 Å². The van der Waals surface area contributed by atoms with E-state index in [1.807, 2.05) is 18.5 Å².